The van der Waals surface area contributed by atoms with Crippen molar-refractivity contribution in [2.24, 2.45) is 5.92 Å². The van der Waals surface area contributed by atoms with Gasteiger partial charge in [-0.25, -0.2) is 9.97 Å². The van der Waals surface area contributed by atoms with Crippen molar-refractivity contribution in [2.45, 2.75) is 26.2 Å². The van der Waals surface area contributed by atoms with Crippen LogP contribution in [0.15, 0.2) is 24.3 Å². The molecule has 5 nitrogen and oxygen atoms in total. The maximum absolute atomic E-state index is 9.08. The summed E-state index contributed by atoms with van der Waals surface area (Å²) in [6.45, 7) is 3.12. The average molecular weight is 274 g/mol. The van der Waals surface area contributed by atoms with Gasteiger partial charge in [-0.3, -0.25) is 0 Å². The lowest BCUT2D eigenvalue weighted by Gasteiger charge is -2.16. The van der Waals surface area contributed by atoms with Crippen LogP contribution < -0.4 is 11.1 Å². The first kappa shape index (κ1) is 14.5. The second-order valence-corrected chi connectivity index (χ2v) is 4.99. The van der Waals surface area contributed by atoms with E-state index in [2.05, 4.69) is 22.2 Å². The third-order valence-electron chi connectivity index (χ3n) is 3.39. The topological polar surface area (TPSA) is 84.1 Å². The van der Waals surface area contributed by atoms with Gasteiger partial charge in [0.25, 0.3) is 0 Å². The fourth-order valence-corrected chi connectivity index (χ4v) is 2.32. The maximum Gasteiger partial charge on any atom is 0.169 e. The van der Waals surface area contributed by atoms with Gasteiger partial charge in [0.05, 0.1) is 11.0 Å². The number of nitrogen functional groups attached to an aromatic ring is 1. The molecule has 0 saturated carbocycles. The first-order valence-corrected chi connectivity index (χ1v) is 7.11. The van der Waals surface area contributed by atoms with Crippen LogP contribution in [0.1, 0.15) is 26.2 Å². The number of fused-ring (bicyclic) bond motifs is 1. The van der Waals surface area contributed by atoms with Crippen molar-refractivity contribution in [1.29, 1.82) is 0 Å². The number of rotatable bonds is 7. The van der Waals surface area contributed by atoms with Gasteiger partial charge in [0.15, 0.2) is 11.6 Å². The van der Waals surface area contributed by atoms with Gasteiger partial charge in [0.1, 0.15) is 0 Å². The molecule has 5 heteroatoms. The lowest BCUT2D eigenvalue weighted by Crippen LogP contribution is -2.17. The number of aromatic nitrogens is 2. The molecule has 108 valence electrons. The van der Waals surface area contributed by atoms with Crippen molar-refractivity contribution >= 4 is 22.7 Å². The van der Waals surface area contributed by atoms with Crippen molar-refractivity contribution in [2.75, 3.05) is 24.2 Å². The van der Waals surface area contributed by atoms with E-state index >= 15 is 0 Å². The Kier molecular flexibility index (Phi) is 5.12. The molecule has 0 fully saturated rings. The highest BCUT2D eigenvalue weighted by molar-refractivity contribution is 5.79. The predicted octanol–water partition coefficient (Wildman–Crippen LogP) is 2.42. The van der Waals surface area contributed by atoms with Gasteiger partial charge in [0, 0.05) is 13.2 Å². The molecule has 0 radical (unpaired) electrons. The number of anilines is 2. The van der Waals surface area contributed by atoms with E-state index < -0.39 is 0 Å². The van der Waals surface area contributed by atoms with E-state index in [4.69, 9.17) is 10.8 Å². The zero-order valence-electron chi connectivity index (χ0n) is 11.8. The molecule has 0 bridgehead atoms. The van der Waals surface area contributed by atoms with Crippen molar-refractivity contribution in [1.82, 2.24) is 9.97 Å². The maximum atomic E-state index is 9.08. The van der Waals surface area contributed by atoms with Gasteiger partial charge >= 0.3 is 0 Å². The highest BCUT2D eigenvalue weighted by atomic mass is 16.3. The van der Waals surface area contributed by atoms with Crippen LogP contribution in [0.3, 0.4) is 0 Å². The Morgan fingerprint density at radius 3 is 2.55 bits per heavy atom. The molecule has 0 saturated heterocycles. The van der Waals surface area contributed by atoms with Crippen LogP contribution in [0.5, 0.6) is 0 Å². The van der Waals surface area contributed by atoms with Crippen LogP contribution in [-0.2, 0) is 0 Å². The molecular formula is C15H22N4O. The molecule has 1 heterocycles. The van der Waals surface area contributed by atoms with Crippen LogP contribution >= 0.6 is 0 Å². The number of nitrogens with one attached hydrogen (secondary N) is 1. The number of para-hydroxylation sites is 2. The van der Waals surface area contributed by atoms with Gasteiger partial charge in [-0.1, -0.05) is 25.5 Å². The summed E-state index contributed by atoms with van der Waals surface area (Å²) in [6.07, 6.45) is 2.97. The Balaban J connectivity index is 2.10. The fourth-order valence-electron chi connectivity index (χ4n) is 2.32. The third kappa shape index (κ3) is 3.57. The summed E-state index contributed by atoms with van der Waals surface area (Å²) in [7, 11) is 0. The predicted molar refractivity (Wildman–Crippen MR) is 82.5 cm³/mol. The molecule has 0 amide bonds. The second kappa shape index (κ2) is 7.05. The van der Waals surface area contributed by atoms with Crippen molar-refractivity contribution in [3.63, 3.8) is 0 Å². The molecule has 1 atom stereocenters. The summed E-state index contributed by atoms with van der Waals surface area (Å²) in [6, 6.07) is 7.67. The van der Waals surface area contributed by atoms with Crippen LogP contribution in [0.25, 0.3) is 11.0 Å². The minimum atomic E-state index is 0.214. The Bertz CT molecular complexity index is 553. The van der Waals surface area contributed by atoms with Crippen LogP contribution in [0, 0.1) is 5.92 Å². The number of hydrogen-bond donors (Lipinski definition) is 3. The Morgan fingerprint density at radius 2 is 1.90 bits per heavy atom. The van der Waals surface area contributed by atoms with E-state index in [-0.39, 0.29) is 6.61 Å². The molecule has 2 aromatic rings. The van der Waals surface area contributed by atoms with Gasteiger partial charge < -0.3 is 16.2 Å². The van der Waals surface area contributed by atoms with Crippen molar-refractivity contribution in [3.05, 3.63) is 24.3 Å². The number of nitrogens with zero attached hydrogens (tertiary/aromatic N) is 2. The average Bonchev–Trinajstić information content (AvgIpc) is 2.45. The van der Waals surface area contributed by atoms with E-state index in [0.29, 0.717) is 17.6 Å². The number of aliphatic hydroxyl groups is 1. The Hall–Kier alpha value is -1.88. The van der Waals surface area contributed by atoms with Gasteiger partial charge in [-0.15, -0.1) is 0 Å². The summed E-state index contributed by atoms with van der Waals surface area (Å²) in [5, 5.41) is 12.3. The Labute approximate surface area is 119 Å². The summed E-state index contributed by atoms with van der Waals surface area (Å²) < 4.78 is 0. The summed E-state index contributed by atoms with van der Waals surface area (Å²) in [4.78, 5) is 8.85. The first-order valence-electron chi connectivity index (χ1n) is 7.11. The number of nitrogens with two attached hydrogens (primary N) is 1. The molecule has 20 heavy (non-hydrogen) atoms. The monoisotopic (exact) mass is 274 g/mol. The van der Waals surface area contributed by atoms with Crippen LogP contribution in [0.4, 0.5) is 11.6 Å². The quantitative estimate of drug-likeness (QED) is 0.722. The zero-order valence-corrected chi connectivity index (χ0v) is 11.8. The van der Waals surface area contributed by atoms with E-state index in [1.54, 1.807) is 0 Å². The molecule has 0 aliphatic carbocycles. The normalized spacial score (nSPS) is 12.5. The summed E-state index contributed by atoms with van der Waals surface area (Å²) >= 11 is 0. The largest absolute Gasteiger partial charge is 0.396 e. The minimum Gasteiger partial charge on any atom is -0.396 e. The van der Waals surface area contributed by atoms with Crippen LogP contribution in [-0.4, -0.2) is 28.2 Å². The van der Waals surface area contributed by atoms with Gasteiger partial charge in [-0.05, 0) is 30.9 Å². The van der Waals surface area contributed by atoms with E-state index in [9.17, 15) is 0 Å². The third-order valence-corrected chi connectivity index (χ3v) is 3.39. The molecule has 0 spiro atoms. The lowest BCUT2D eigenvalue weighted by atomic mass is 10.0. The summed E-state index contributed by atoms with van der Waals surface area (Å²) in [5.41, 5.74) is 7.57. The molecule has 0 aliphatic heterocycles. The fraction of sp³-hybridized carbons (Fsp3) is 0.467. The van der Waals surface area contributed by atoms with Crippen LogP contribution in [0.2, 0.25) is 0 Å². The molecular weight excluding hydrogens is 252 g/mol. The Morgan fingerprint density at radius 1 is 1.20 bits per heavy atom. The van der Waals surface area contributed by atoms with Gasteiger partial charge in [0.2, 0.25) is 0 Å². The molecule has 2 rings (SSSR count). The van der Waals surface area contributed by atoms with E-state index in [1.807, 2.05) is 24.3 Å². The van der Waals surface area contributed by atoms with E-state index in [1.165, 1.54) is 0 Å². The smallest absolute Gasteiger partial charge is 0.169 e. The highest BCUT2D eigenvalue weighted by Gasteiger charge is 2.10. The minimum absolute atomic E-state index is 0.214. The molecule has 1 unspecified atom stereocenters. The summed E-state index contributed by atoms with van der Waals surface area (Å²) in [5.74, 6) is 1.48. The van der Waals surface area contributed by atoms with E-state index in [0.717, 1.165) is 36.8 Å². The zero-order chi connectivity index (χ0) is 14.4. The lowest BCUT2D eigenvalue weighted by molar-refractivity contribution is 0.255. The number of benzene rings is 1. The van der Waals surface area contributed by atoms with Gasteiger partial charge in [-0.2, -0.15) is 0 Å². The highest BCUT2D eigenvalue weighted by Crippen LogP contribution is 2.19. The molecule has 4 N–H and O–H groups in total. The van der Waals surface area contributed by atoms with Crippen molar-refractivity contribution in [3.8, 4) is 0 Å². The molecule has 1 aromatic heterocycles. The molecule has 1 aromatic carbocycles. The van der Waals surface area contributed by atoms with Crippen molar-refractivity contribution < 1.29 is 5.11 Å². The SMILES string of the molecule is CCCC(CCO)CNc1nc2ccccc2nc1N. The number of aliphatic hydroxyl groups excluding tert-OH is 1. The standard InChI is InChI=1S/C15H22N4O/c1-2-5-11(8-9-20)10-17-15-14(16)18-12-6-3-4-7-13(12)19-15/h3-4,6-7,11,20H,2,5,8-10H2,1H3,(H2,16,18)(H,17,19). The first-order chi connectivity index (χ1) is 9.74. The number of hydrogen-bond acceptors (Lipinski definition) is 5. The second-order valence-electron chi connectivity index (χ2n) is 4.99. The molecule has 0 aliphatic rings.